The van der Waals surface area contributed by atoms with Crippen LogP contribution in [0.15, 0.2) is 29.2 Å². The summed E-state index contributed by atoms with van der Waals surface area (Å²) in [5, 5.41) is 0. The molecule has 6 heteroatoms. The minimum absolute atomic E-state index is 0.119. The number of hydrogen-bond donors (Lipinski definition) is 2. The van der Waals surface area contributed by atoms with Crippen LogP contribution in [0.1, 0.15) is 27.2 Å². The molecule has 0 radical (unpaired) electrons. The summed E-state index contributed by atoms with van der Waals surface area (Å²) in [6.45, 7) is 6.33. The summed E-state index contributed by atoms with van der Waals surface area (Å²) < 4.78 is 26.6. The van der Waals surface area contributed by atoms with Crippen LogP contribution < -0.4 is 15.4 Å². The number of nitrogens with two attached hydrogens (primary N) is 1. The molecule has 114 valence electrons. The van der Waals surface area contributed by atoms with Crippen LogP contribution in [-0.2, 0) is 10.0 Å². The minimum Gasteiger partial charge on any atom is -0.372 e. The average molecular weight is 299 g/mol. The zero-order valence-corrected chi connectivity index (χ0v) is 13.4. The van der Waals surface area contributed by atoms with Gasteiger partial charge in [-0.05, 0) is 58.0 Å². The highest BCUT2D eigenvalue weighted by Gasteiger charge is 2.16. The molecular formula is C14H25N3O2S. The smallest absolute Gasteiger partial charge is 0.240 e. The van der Waals surface area contributed by atoms with Gasteiger partial charge in [0.2, 0.25) is 10.0 Å². The van der Waals surface area contributed by atoms with Crippen LogP contribution in [0.2, 0.25) is 0 Å². The largest absolute Gasteiger partial charge is 0.372 e. The van der Waals surface area contributed by atoms with Crippen LogP contribution >= 0.6 is 0 Å². The number of anilines is 1. The summed E-state index contributed by atoms with van der Waals surface area (Å²) in [6, 6.07) is 7.10. The van der Waals surface area contributed by atoms with Crippen molar-refractivity contribution in [3.63, 3.8) is 0 Å². The lowest BCUT2D eigenvalue weighted by atomic mass is 10.2. The first-order valence-electron chi connectivity index (χ1n) is 6.83. The fourth-order valence-corrected chi connectivity index (χ4v) is 3.18. The van der Waals surface area contributed by atoms with Gasteiger partial charge in [0, 0.05) is 24.8 Å². The van der Waals surface area contributed by atoms with Crippen LogP contribution in [0.5, 0.6) is 0 Å². The predicted molar refractivity (Wildman–Crippen MR) is 83.4 cm³/mol. The lowest BCUT2D eigenvalue weighted by Gasteiger charge is -2.26. The van der Waals surface area contributed by atoms with Gasteiger partial charge in [0.1, 0.15) is 0 Å². The van der Waals surface area contributed by atoms with E-state index in [1.54, 1.807) is 26.0 Å². The fraction of sp³-hybridized carbons (Fsp3) is 0.571. The normalized spacial score (nSPS) is 13.5. The Balaban J connectivity index is 2.89. The van der Waals surface area contributed by atoms with Crippen molar-refractivity contribution in [1.29, 1.82) is 0 Å². The fourth-order valence-electron chi connectivity index (χ4n) is 1.93. The van der Waals surface area contributed by atoms with Gasteiger partial charge in [-0.15, -0.1) is 0 Å². The second-order valence-electron chi connectivity index (χ2n) is 5.31. The number of nitrogens with zero attached hydrogens (tertiary/aromatic N) is 1. The quantitative estimate of drug-likeness (QED) is 0.801. The summed E-state index contributed by atoms with van der Waals surface area (Å²) >= 11 is 0. The molecule has 0 amide bonds. The number of hydrogen-bond acceptors (Lipinski definition) is 4. The van der Waals surface area contributed by atoms with Crippen molar-refractivity contribution in [3.05, 3.63) is 24.3 Å². The third-order valence-corrected chi connectivity index (χ3v) is 4.87. The Morgan fingerprint density at radius 1 is 1.20 bits per heavy atom. The first kappa shape index (κ1) is 16.9. The highest BCUT2D eigenvalue weighted by molar-refractivity contribution is 7.89. The summed E-state index contributed by atoms with van der Waals surface area (Å²) in [6.07, 6.45) is 0.894. The average Bonchev–Trinajstić information content (AvgIpc) is 2.37. The van der Waals surface area contributed by atoms with E-state index in [1.807, 2.05) is 19.2 Å². The second kappa shape index (κ2) is 7.06. The van der Waals surface area contributed by atoms with Crippen molar-refractivity contribution < 1.29 is 8.42 Å². The highest BCUT2D eigenvalue weighted by atomic mass is 32.2. The van der Waals surface area contributed by atoms with E-state index in [9.17, 15) is 8.42 Å². The van der Waals surface area contributed by atoms with E-state index in [2.05, 4.69) is 16.5 Å². The molecule has 0 aliphatic rings. The van der Waals surface area contributed by atoms with Gasteiger partial charge in [0.25, 0.3) is 0 Å². The van der Waals surface area contributed by atoms with Crippen molar-refractivity contribution >= 4 is 15.7 Å². The van der Waals surface area contributed by atoms with Crippen LogP contribution in [0, 0.1) is 0 Å². The number of benzene rings is 1. The Labute approximate surface area is 122 Å². The van der Waals surface area contributed by atoms with Crippen LogP contribution in [0.4, 0.5) is 5.69 Å². The van der Waals surface area contributed by atoms with E-state index >= 15 is 0 Å². The Hall–Kier alpha value is -1.11. The Morgan fingerprint density at radius 3 is 2.20 bits per heavy atom. The molecule has 1 aromatic rings. The molecule has 0 saturated carbocycles. The Kier molecular flexibility index (Phi) is 5.98. The van der Waals surface area contributed by atoms with Crippen molar-refractivity contribution in [2.45, 2.75) is 44.2 Å². The molecule has 0 spiro atoms. The molecular weight excluding hydrogens is 274 g/mol. The van der Waals surface area contributed by atoms with Gasteiger partial charge in [0.15, 0.2) is 0 Å². The monoisotopic (exact) mass is 299 g/mol. The molecule has 1 atom stereocenters. The molecule has 1 unspecified atom stereocenters. The molecule has 1 rings (SSSR count). The zero-order valence-electron chi connectivity index (χ0n) is 12.6. The van der Waals surface area contributed by atoms with Crippen LogP contribution in [-0.4, -0.2) is 34.1 Å². The summed E-state index contributed by atoms with van der Waals surface area (Å²) in [5.74, 6) is 0. The van der Waals surface area contributed by atoms with E-state index < -0.39 is 10.0 Å². The second-order valence-corrected chi connectivity index (χ2v) is 7.02. The third kappa shape index (κ3) is 4.47. The first-order valence-corrected chi connectivity index (χ1v) is 8.31. The van der Waals surface area contributed by atoms with E-state index in [0.29, 0.717) is 12.6 Å². The van der Waals surface area contributed by atoms with Gasteiger partial charge in [-0.1, -0.05) is 0 Å². The molecule has 5 nitrogen and oxygen atoms in total. The van der Waals surface area contributed by atoms with Gasteiger partial charge < -0.3 is 10.6 Å². The molecule has 0 bridgehead atoms. The van der Waals surface area contributed by atoms with Crippen molar-refractivity contribution in [3.8, 4) is 0 Å². The SMILES string of the molecule is CC(C)NS(=O)(=O)c1ccc(N(C)C(C)CCN)cc1. The van der Waals surface area contributed by atoms with Gasteiger partial charge in [-0.25, -0.2) is 13.1 Å². The van der Waals surface area contributed by atoms with E-state index in [-0.39, 0.29) is 10.9 Å². The number of rotatable bonds is 7. The van der Waals surface area contributed by atoms with Gasteiger partial charge in [-0.3, -0.25) is 0 Å². The first-order chi connectivity index (χ1) is 9.27. The lowest BCUT2D eigenvalue weighted by molar-refractivity contribution is 0.570. The molecule has 0 fully saturated rings. The van der Waals surface area contributed by atoms with Gasteiger partial charge in [-0.2, -0.15) is 0 Å². The maximum atomic E-state index is 12.0. The van der Waals surface area contributed by atoms with Crippen molar-refractivity contribution in [2.75, 3.05) is 18.5 Å². The standard InChI is InChI=1S/C14H25N3O2S/c1-11(2)16-20(18,19)14-7-5-13(6-8-14)17(4)12(3)9-10-15/h5-8,11-12,16H,9-10,15H2,1-4H3. The van der Waals surface area contributed by atoms with E-state index in [4.69, 9.17) is 5.73 Å². The summed E-state index contributed by atoms with van der Waals surface area (Å²) in [7, 11) is -1.44. The number of nitrogens with one attached hydrogen (secondary N) is 1. The zero-order chi connectivity index (χ0) is 15.3. The van der Waals surface area contributed by atoms with Crippen LogP contribution in [0.3, 0.4) is 0 Å². The predicted octanol–water partition coefficient (Wildman–Crippen LogP) is 1.55. The maximum Gasteiger partial charge on any atom is 0.240 e. The molecule has 3 N–H and O–H groups in total. The third-order valence-electron chi connectivity index (χ3n) is 3.19. The lowest BCUT2D eigenvalue weighted by Crippen LogP contribution is -2.31. The maximum absolute atomic E-state index is 12.0. The summed E-state index contributed by atoms with van der Waals surface area (Å²) in [4.78, 5) is 2.38. The molecule has 20 heavy (non-hydrogen) atoms. The van der Waals surface area contributed by atoms with Crippen molar-refractivity contribution in [2.24, 2.45) is 5.73 Å². The minimum atomic E-state index is -3.42. The van der Waals surface area contributed by atoms with Gasteiger partial charge >= 0.3 is 0 Å². The van der Waals surface area contributed by atoms with Gasteiger partial charge in [0.05, 0.1) is 4.90 Å². The van der Waals surface area contributed by atoms with Crippen molar-refractivity contribution in [1.82, 2.24) is 4.72 Å². The molecule has 0 saturated heterocycles. The van der Waals surface area contributed by atoms with Crippen LogP contribution in [0.25, 0.3) is 0 Å². The molecule has 0 aromatic heterocycles. The molecule has 0 heterocycles. The summed E-state index contributed by atoms with van der Waals surface area (Å²) in [5.41, 5.74) is 6.54. The van der Waals surface area contributed by atoms with E-state index in [1.165, 1.54) is 0 Å². The Morgan fingerprint density at radius 2 is 1.75 bits per heavy atom. The molecule has 0 aliphatic heterocycles. The Bertz CT molecular complexity index is 512. The topological polar surface area (TPSA) is 75.4 Å². The highest BCUT2D eigenvalue weighted by Crippen LogP contribution is 2.19. The van der Waals surface area contributed by atoms with E-state index in [0.717, 1.165) is 12.1 Å². The molecule has 1 aromatic carbocycles. The molecule has 0 aliphatic carbocycles. The number of sulfonamides is 1.